The molecule has 0 aliphatic rings. The van der Waals surface area contributed by atoms with E-state index in [0.717, 1.165) is 9.50 Å². The molecule has 3 aromatic rings. The van der Waals surface area contributed by atoms with E-state index >= 15 is 0 Å². The lowest BCUT2D eigenvalue weighted by atomic mass is 10.0. The lowest BCUT2D eigenvalue weighted by Gasteiger charge is -2.05. The zero-order valence-electron chi connectivity index (χ0n) is 10.7. The van der Waals surface area contributed by atoms with E-state index in [0.29, 0.717) is 0 Å². The lowest BCUT2D eigenvalue weighted by Crippen LogP contribution is -1.80. The van der Waals surface area contributed by atoms with Crippen molar-refractivity contribution in [2.24, 2.45) is 0 Å². The summed E-state index contributed by atoms with van der Waals surface area (Å²) >= 11 is 9.42. The number of rotatable bonds is 2. The van der Waals surface area contributed by atoms with Crippen LogP contribution in [0.25, 0.3) is 22.3 Å². The number of halogens is 2. The molecule has 0 saturated carbocycles. The molecule has 0 heterocycles. The number of benzene rings is 3. The molecule has 98 valence electrons. The van der Waals surface area contributed by atoms with E-state index in [-0.39, 0.29) is 0 Å². The van der Waals surface area contributed by atoms with Crippen LogP contribution in [0.15, 0.2) is 77.3 Å². The normalized spacial score (nSPS) is 10.5. The van der Waals surface area contributed by atoms with Crippen molar-refractivity contribution in [3.8, 4) is 22.3 Å². The molecule has 0 radical (unpaired) electrons. The summed E-state index contributed by atoms with van der Waals surface area (Å²) < 4.78 is 1.09. The zero-order chi connectivity index (χ0) is 13.9. The quantitative estimate of drug-likeness (QED) is 0.502. The van der Waals surface area contributed by atoms with Crippen LogP contribution in [-0.4, -0.2) is 0 Å². The van der Waals surface area contributed by atoms with Crippen molar-refractivity contribution in [3.05, 3.63) is 82.3 Å². The molecule has 0 spiro atoms. The molecular weight excluding hydrogens is 332 g/mol. The molecule has 0 unspecified atom stereocenters. The molecule has 0 amide bonds. The monoisotopic (exact) mass is 342 g/mol. The first-order chi connectivity index (χ1) is 9.72. The van der Waals surface area contributed by atoms with E-state index in [4.69, 9.17) is 11.6 Å². The summed E-state index contributed by atoms with van der Waals surface area (Å²) in [5.74, 6) is 0. The van der Waals surface area contributed by atoms with Gasteiger partial charge in [-0.2, -0.15) is 0 Å². The Balaban J connectivity index is 1.93. The van der Waals surface area contributed by atoms with Crippen LogP contribution >= 0.6 is 27.5 Å². The Morgan fingerprint density at radius 2 is 1.10 bits per heavy atom. The fourth-order valence-corrected chi connectivity index (χ4v) is 2.69. The van der Waals surface area contributed by atoms with Crippen LogP contribution in [0, 0.1) is 0 Å². The molecule has 0 aliphatic heterocycles. The van der Waals surface area contributed by atoms with Gasteiger partial charge in [-0.15, -0.1) is 0 Å². The van der Waals surface area contributed by atoms with Crippen molar-refractivity contribution in [1.82, 2.24) is 0 Å². The highest BCUT2D eigenvalue weighted by atomic mass is 79.9. The van der Waals surface area contributed by atoms with Crippen LogP contribution in [0.5, 0.6) is 0 Å². The maximum Gasteiger partial charge on any atom is 0.0406 e. The fourth-order valence-electron chi connectivity index (χ4n) is 2.17. The third kappa shape index (κ3) is 2.95. The van der Waals surface area contributed by atoms with Crippen molar-refractivity contribution in [2.75, 3.05) is 0 Å². The van der Waals surface area contributed by atoms with Crippen molar-refractivity contribution >= 4 is 27.5 Å². The summed E-state index contributed by atoms with van der Waals surface area (Å²) in [6.07, 6.45) is 0. The van der Waals surface area contributed by atoms with Crippen molar-refractivity contribution in [1.29, 1.82) is 0 Å². The second-order valence-electron chi connectivity index (χ2n) is 4.59. The van der Waals surface area contributed by atoms with Crippen LogP contribution < -0.4 is 0 Å². The Morgan fingerprint density at radius 1 is 0.600 bits per heavy atom. The number of hydrogen-bond donors (Lipinski definition) is 0. The smallest absolute Gasteiger partial charge is 0.0406 e. The first-order valence-corrected chi connectivity index (χ1v) is 7.51. The topological polar surface area (TPSA) is 0 Å². The maximum atomic E-state index is 5.91. The van der Waals surface area contributed by atoms with E-state index in [2.05, 4.69) is 52.3 Å². The van der Waals surface area contributed by atoms with E-state index in [1.165, 1.54) is 22.3 Å². The van der Waals surface area contributed by atoms with Gasteiger partial charge in [0.25, 0.3) is 0 Å². The molecule has 0 N–H and O–H groups in total. The Bertz CT molecular complexity index is 715. The summed E-state index contributed by atoms with van der Waals surface area (Å²) in [6.45, 7) is 0. The van der Waals surface area contributed by atoms with Gasteiger partial charge in [-0.1, -0.05) is 76.1 Å². The predicted molar refractivity (Wildman–Crippen MR) is 90.0 cm³/mol. The highest BCUT2D eigenvalue weighted by Gasteiger charge is 2.01. The standard InChI is InChI=1S/C18H12BrCl/c19-17-3-1-2-16(12-17)15-6-4-13(5-7-15)14-8-10-18(20)11-9-14/h1-12H. The van der Waals surface area contributed by atoms with E-state index in [1.807, 2.05) is 36.4 Å². The molecule has 0 bridgehead atoms. The Morgan fingerprint density at radius 3 is 1.65 bits per heavy atom. The van der Waals surface area contributed by atoms with Crippen molar-refractivity contribution in [3.63, 3.8) is 0 Å². The minimum Gasteiger partial charge on any atom is -0.0843 e. The van der Waals surface area contributed by atoms with Gasteiger partial charge in [-0.3, -0.25) is 0 Å². The van der Waals surface area contributed by atoms with Gasteiger partial charge in [-0.05, 0) is 46.5 Å². The summed E-state index contributed by atoms with van der Waals surface area (Å²) in [7, 11) is 0. The summed E-state index contributed by atoms with van der Waals surface area (Å²) in [5, 5.41) is 0.763. The van der Waals surface area contributed by atoms with Gasteiger partial charge in [0.2, 0.25) is 0 Å². The summed E-state index contributed by atoms with van der Waals surface area (Å²) in [4.78, 5) is 0. The van der Waals surface area contributed by atoms with Gasteiger partial charge in [0.1, 0.15) is 0 Å². The number of hydrogen-bond acceptors (Lipinski definition) is 0. The second-order valence-corrected chi connectivity index (χ2v) is 5.95. The Hall–Kier alpha value is -1.57. The van der Waals surface area contributed by atoms with Crippen molar-refractivity contribution in [2.45, 2.75) is 0 Å². The SMILES string of the molecule is Clc1ccc(-c2ccc(-c3cccc(Br)c3)cc2)cc1. The average Bonchev–Trinajstić information content (AvgIpc) is 2.48. The molecule has 2 heteroatoms. The molecule has 20 heavy (non-hydrogen) atoms. The van der Waals surface area contributed by atoms with Crippen LogP contribution in [0.4, 0.5) is 0 Å². The lowest BCUT2D eigenvalue weighted by molar-refractivity contribution is 1.57. The molecule has 0 aromatic heterocycles. The molecular formula is C18H12BrCl. The molecule has 0 fully saturated rings. The predicted octanol–water partition coefficient (Wildman–Crippen LogP) is 6.44. The van der Waals surface area contributed by atoms with Crippen LogP contribution in [0.1, 0.15) is 0 Å². The minimum atomic E-state index is 0.763. The Labute approximate surface area is 132 Å². The van der Waals surface area contributed by atoms with Crippen LogP contribution in [0.3, 0.4) is 0 Å². The molecule has 3 rings (SSSR count). The van der Waals surface area contributed by atoms with Gasteiger partial charge >= 0.3 is 0 Å². The third-order valence-corrected chi connectivity index (χ3v) is 3.97. The minimum absolute atomic E-state index is 0.763. The summed E-state index contributed by atoms with van der Waals surface area (Å²) in [6, 6.07) is 24.8. The Kier molecular flexibility index (Phi) is 3.90. The highest BCUT2D eigenvalue weighted by Crippen LogP contribution is 2.27. The molecule has 0 saturated heterocycles. The first-order valence-electron chi connectivity index (χ1n) is 6.34. The second kappa shape index (κ2) is 5.82. The summed E-state index contributed by atoms with van der Waals surface area (Å²) in [5.41, 5.74) is 4.79. The third-order valence-electron chi connectivity index (χ3n) is 3.22. The molecule has 3 aromatic carbocycles. The van der Waals surface area contributed by atoms with Gasteiger partial charge < -0.3 is 0 Å². The molecule has 0 aliphatic carbocycles. The van der Waals surface area contributed by atoms with Crippen molar-refractivity contribution < 1.29 is 0 Å². The fraction of sp³-hybridized carbons (Fsp3) is 0. The van der Waals surface area contributed by atoms with Crippen LogP contribution in [-0.2, 0) is 0 Å². The largest absolute Gasteiger partial charge is 0.0843 e. The van der Waals surface area contributed by atoms with Gasteiger partial charge in [0.15, 0.2) is 0 Å². The van der Waals surface area contributed by atoms with E-state index in [1.54, 1.807) is 0 Å². The highest BCUT2D eigenvalue weighted by molar-refractivity contribution is 9.10. The van der Waals surface area contributed by atoms with Crippen LogP contribution in [0.2, 0.25) is 5.02 Å². The van der Waals surface area contributed by atoms with E-state index < -0.39 is 0 Å². The van der Waals surface area contributed by atoms with Gasteiger partial charge in [0.05, 0.1) is 0 Å². The average molecular weight is 344 g/mol. The van der Waals surface area contributed by atoms with E-state index in [9.17, 15) is 0 Å². The first kappa shape index (κ1) is 13.4. The zero-order valence-corrected chi connectivity index (χ0v) is 13.0. The molecule has 0 nitrogen and oxygen atoms in total. The maximum absolute atomic E-state index is 5.91. The van der Waals surface area contributed by atoms with Gasteiger partial charge in [-0.25, -0.2) is 0 Å². The van der Waals surface area contributed by atoms with Gasteiger partial charge in [0, 0.05) is 9.50 Å². The molecule has 0 atom stereocenters.